The molecule has 0 N–H and O–H groups in total. The Kier molecular flexibility index (Phi) is 3.51. The summed E-state index contributed by atoms with van der Waals surface area (Å²) in [4.78, 5) is 0. The van der Waals surface area contributed by atoms with Crippen molar-refractivity contribution in [1.29, 1.82) is 5.26 Å². The molecule has 3 nitrogen and oxygen atoms in total. The molecule has 0 amide bonds. The standard InChI is InChI=1S/C9H15NO2/c1-11-6-7-12-5-4-9(8-10)2-3-9/h2-7H2,1H3. The van der Waals surface area contributed by atoms with Crippen LogP contribution in [-0.4, -0.2) is 26.9 Å². The van der Waals surface area contributed by atoms with Crippen molar-refractivity contribution in [2.24, 2.45) is 5.41 Å². The van der Waals surface area contributed by atoms with E-state index in [2.05, 4.69) is 6.07 Å². The fourth-order valence-electron chi connectivity index (χ4n) is 1.08. The Hall–Kier alpha value is -0.590. The molecular formula is C9H15NO2. The molecule has 0 bridgehead atoms. The van der Waals surface area contributed by atoms with E-state index >= 15 is 0 Å². The van der Waals surface area contributed by atoms with Gasteiger partial charge in [0, 0.05) is 13.7 Å². The van der Waals surface area contributed by atoms with Crippen LogP contribution in [0.2, 0.25) is 0 Å². The summed E-state index contributed by atoms with van der Waals surface area (Å²) >= 11 is 0. The normalized spacial score (nSPS) is 18.7. The van der Waals surface area contributed by atoms with Gasteiger partial charge in [-0.05, 0) is 19.3 Å². The van der Waals surface area contributed by atoms with E-state index in [1.54, 1.807) is 7.11 Å². The van der Waals surface area contributed by atoms with Gasteiger partial charge in [0.15, 0.2) is 0 Å². The number of methoxy groups -OCH3 is 1. The van der Waals surface area contributed by atoms with Gasteiger partial charge in [0.1, 0.15) is 0 Å². The smallest absolute Gasteiger partial charge is 0.0700 e. The van der Waals surface area contributed by atoms with E-state index in [1.165, 1.54) is 0 Å². The minimum Gasteiger partial charge on any atom is -0.382 e. The zero-order chi connectivity index (χ0) is 8.86. The van der Waals surface area contributed by atoms with Crippen molar-refractivity contribution in [3.8, 4) is 6.07 Å². The number of nitrogens with zero attached hydrogens (tertiary/aromatic N) is 1. The quantitative estimate of drug-likeness (QED) is 0.563. The summed E-state index contributed by atoms with van der Waals surface area (Å²) in [6.07, 6.45) is 2.99. The van der Waals surface area contributed by atoms with Crippen LogP contribution < -0.4 is 0 Å². The van der Waals surface area contributed by atoms with E-state index in [9.17, 15) is 0 Å². The summed E-state index contributed by atoms with van der Waals surface area (Å²) in [6, 6.07) is 2.33. The Bertz CT molecular complexity index is 170. The molecule has 0 unspecified atom stereocenters. The first-order valence-corrected chi connectivity index (χ1v) is 4.31. The molecule has 3 heteroatoms. The lowest BCUT2D eigenvalue weighted by Gasteiger charge is -2.05. The third-order valence-corrected chi connectivity index (χ3v) is 2.25. The van der Waals surface area contributed by atoms with E-state index in [-0.39, 0.29) is 5.41 Å². The van der Waals surface area contributed by atoms with Crippen molar-refractivity contribution in [2.75, 3.05) is 26.9 Å². The first kappa shape index (κ1) is 9.50. The molecule has 0 aromatic carbocycles. The number of ether oxygens (including phenoxy) is 2. The van der Waals surface area contributed by atoms with Crippen LogP contribution in [0.5, 0.6) is 0 Å². The molecule has 0 aromatic rings. The Morgan fingerprint density at radius 3 is 2.58 bits per heavy atom. The minimum absolute atomic E-state index is 0.0208. The number of rotatable bonds is 6. The van der Waals surface area contributed by atoms with Crippen molar-refractivity contribution in [1.82, 2.24) is 0 Å². The molecule has 0 aromatic heterocycles. The Balaban J connectivity index is 1.93. The summed E-state index contributed by atoms with van der Waals surface area (Å²) in [7, 11) is 1.65. The maximum absolute atomic E-state index is 8.73. The fraction of sp³-hybridized carbons (Fsp3) is 0.889. The SMILES string of the molecule is COCCOCCC1(C#N)CC1. The average Bonchev–Trinajstić information content (AvgIpc) is 2.85. The van der Waals surface area contributed by atoms with Crippen LogP contribution in [0.4, 0.5) is 0 Å². The summed E-state index contributed by atoms with van der Waals surface area (Å²) < 4.78 is 10.1. The highest BCUT2D eigenvalue weighted by molar-refractivity contribution is 5.09. The maximum atomic E-state index is 8.73. The fourth-order valence-corrected chi connectivity index (χ4v) is 1.08. The summed E-state index contributed by atoms with van der Waals surface area (Å²) in [6.45, 7) is 1.97. The van der Waals surface area contributed by atoms with Crippen LogP contribution in [0, 0.1) is 16.7 Å². The van der Waals surface area contributed by atoms with Crippen LogP contribution >= 0.6 is 0 Å². The second-order valence-electron chi connectivity index (χ2n) is 3.25. The van der Waals surface area contributed by atoms with E-state index in [4.69, 9.17) is 14.7 Å². The molecule has 1 saturated carbocycles. The molecule has 1 fully saturated rings. The Morgan fingerprint density at radius 2 is 2.08 bits per heavy atom. The highest BCUT2D eigenvalue weighted by Gasteiger charge is 2.42. The zero-order valence-corrected chi connectivity index (χ0v) is 7.51. The van der Waals surface area contributed by atoms with Crippen LogP contribution in [0.25, 0.3) is 0 Å². The van der Waals surface area contributed by atoms with Crippen molar-refractivity contribution < 1.29 is 9.47 Å². The molecule has 0 saturated heterocycles. The van der Waals surface area contributed by atoms with Crippen molar-refractivity contribution in [3.63, 3.8) is 0 Å². The van der Waals surface area contributed by atoms with E-state index in [0.717, 1.165) is 19.3 Å². The van der Waals surface area contributed by atoms with Gasteiger partial charge in [0.2, 0.25) is 0 Å². The molecule has 0 atom stereocenters. The number of hydrogen-bond acceptors (Lipinski definition) is 3. The topological polar surface area (TPSA) is 42.2 Å². The average molecular weight is 169 g/mol. The molecule has 1 aliphatic carbocycles. The van der Waals surface area contributed by atoms with Gasteiger partial charge in [-0.15, -0.1) is 0 Å². The number of nitriles is 1. The lowest BCUT2D eigenvalue weighted by Crippen LogP contribution is -2.07. The van der Waals surface area contributed by atoms with Gasteiger partial charge in [-0.3, -0.25) is 0 Å². The van der Waals surface area contributed by atoms with Gasteiger partial charge in [-0.1, -0.05) is 0 Å². The highest BCUT2D eigenvalue weighted by atomic mass is 16.5. The molecule has 0 aliphatic heterocycles. The van der Waals surface area contributed by atoms with Crippen LogP contribution in [0.3, 0.4) is 0 Å². The van der Waals surface area contributed by atoms with Gasteiger partial charge in [0.05, 0.1) is 24.7 Å². The monoisotopic (exact) mass is 169 g/mol. The van der Waals surface area contributed by atoms with Gasteiger partial charge >= 0.3 is 0 Å². The van der Waals surface area contributed by atoms with Crippen LogP contribution in [0.1, 0.15) is 19.3 Å². The lowest BCUT2D eigenvalue weighted by molar-refractivity contribution is 0.0650. The first-order chi connectivity index (χ1) is 5.83. The third-order valence-electron chi connectivity index (χ3n) is 2.25. The zero-order valence-electron chi connectivity index (χ0n) is 7.51. The van der Waals surface area contributed by atoms with E-state index in [1.807, 2.05) is 0 Å². The minimum atomic E-state index is -0.0208. The largest absolute Gasteiger partial charge is 0.382 e. The van der Waals surface area contributed by atoms with Gasteiger partial charge < -0.3 is 9.47 Å². The molecule has 0 radical (unpaired) electrons. The van der Waals surface area contributed by atoms with Crippen molar-refractivity contribution >= 4 is 0 Å². The Labute approximate surface area is 73.3 Å². The summed E-state index contributed by atoms with van der Waals surface area (Å²) in [5, 5.41) is 8.73. The summed E-state index contributed by atoms with van der Waals surface area (Å²) in [5.74, 6) is 0. The second kappa shape index (κ2) is 4.44. The molecule has 1 aliphatic rings. The van der Waals surface area contributed by atoms with E-state index in [0.29, 0.717) is 19.8 Å². The van der Waals surface area contributed by atoms with Crippen molar-refractivity contribution in [2.45, 2.75) is 19.3 Å². The molecular weight excluding hydrogens is 154 g/mol. The maximum Gasteiger partial charge on any atom is 0.0700 e. The van der Waals surface area contributed by atoms with Gasteiger partial charge in [-0.2, -0.15) is 5.26 Å². The third kappa shape index (κ3) is 2.80. The summed E-state index contributed by atoms with van der Waals surface area (Å²) in [5.41, 5.74) is -0.0208. The lowest BCUT2D eigenvalue weighted by atomic mass is 10.1. The molecule has 1 rings (SSSR count). The van der Waals surface area contributed by atoms with Crippen LogP contribution in [0.15, 0.2) is 0 Å². The van der Waals surface area contributed by atoms with Gasteiger partial charge in [0.25, 0.3) is 0 Å². The van der Waals surface area contributed by atoms with Crippen LogP contribution in [-0.2, 0) is 9.47 Å². The molecule has 12 heavy (non-hydrogen) atoms. The number of hydrogen-bond donors (Lipinski definition) is 0. The Morgan fingerprint density at radius 1 is 1.33 bits per heavy atom. The van der Waals surface area contributed by atoms with Gasteiger partial charge in [-0.25, -0.2) is 0 Å². The predicted octanol–water partition coefficient (Wildman–Crippen LogP) is 1.34. The first-order valence-electron chi connectivity index (χ1n) is 4.31. The predicted molar refractivity (Wildman–Crippen MR) is 44.6 cm³/mol. The molecule has 68 valence electrons. The highest BCUT2D eigenvalue weighted by Crippen LogP contribution is 2.47. The van der Waals surface area contributed by atoms with Crippen molar-refractivity contribution in [3.05, 3.63) is 0 Å². The molecule has 0 heterocycles. The second-order valence-corrected chi connectivity index (χ2v) is 3.25. The van der Waals surface area contributed by atoms with E-state index < -0.39 is 0 Å². The molecule has 0 spiro atoms.